The van der Waals surface area contributed by atoms with Crippen molar-refractivity contribution in [1.29, 1.82) is 0 Å². The van der Waals surface area contributed by atoms with E-state index < -0.39 is 6.04 Å². The van der Waals surface area contributed by atoms with Crippen molar-refractivity contribution in [1.82, 2.24) is 10.2 Å². The summed E-state index contributed by atoms with van der Waals surface area (Å²) in [4.78, 5) is 27.7. The molecule has 32 heavy (non-hydrogen) atoms. The second-order valence-electron chi connectivity index (χ2n) is 8.15. The fraction of sp³-hybridized carbons (Fsp3) is 0.440. The molecule has 1 aliphatic rings. The molecule has 2 aromatic rings. The minimum atomic E-state index is -0.541. The summed E-state index contributed by atoms with van der Waals surface area (Å²) in [7, 11) is 1.64. The molecule has 172 valence electrons. The van der Waals surface area contributed by atoms with Crippen molar-refractivity contribution in [3.8, 4) is 5.75 Å². The number of thioether (sulfide) groups is 1. The number of nitrogens with zero attached hydrogens (tertiary/aromatic N) is 1. The van der Waals surface area contributed by atoms with Gasteiger partial charge in [0.2, 0.25) is 11.8 Å². The summed E-state index contributed by atoms with van der Waals surface area (Å²) in [6.07, 6.45) is 4.33. The highest BCUT2D eigenvalue weighted by molar-refractivity contribution is 7.99. The topological polar surface area (TPSA) is 58.6 Å². The Morgan fingerprint density at radius 3 is 2.34 bits per heavy atom. The van der Waals surface area contributed by atoms with Crippen LogP contribution in [-0.2, 0) is 21.9 Å². The third-order valence-corrected chi connectivity index (χ3v) is 7.03. The lowest BCUT2D eigenvalue weighted by Crippen LogP contribution is -2.50. The predicted molar refractivity (Wildman–Crippen MR) is 131 cm³/mol. The Balaban J connectivity index is 1.63. The predicted octanol–water partition coefficient (Wildman–Crippen LogP) is 5.06. The molecule has 2 aromatic carbocycles. The lowest BCUT2D eigenvalue weighted by atomic mass is 10.1. The van der Waals surface area contributed by atoms with E-state index in [1.165, 1.54) is 0 Å². The Morgan fingerprint density at radius 2 is 1.72 bits per heavy atom. The molecular formula is C25H31ClN2O3S. The van der Waals surface area contributed by atoms with Crippen molar-refractivity contribution in [2.75, 3.05) is 12.9 Å². The minimum Gasteiger partial charge on any atom is -0.497 e. The average Bonchev–Trinajstić information content (AvgIpc) is 3.31. The molecular weight excluding hydrogens is 444 g/mol. The van der Waals surface area contributed by atoms with Gasteiger partial charge in [0, 0.05) is 23.4 Å². The van der Waals surface area contributed by atoms with E-state index in [4.69, 9.17) is 16.3 Å². The molecule has 0 heterocycles. The first-order valence-corrected chi connectivity index (χ1v) is 12.5. The Bertz CT molecular complexity index is 883. The van der Waals surface area contributed by atoms with Gasteiger partial charge in [-0.1, -0.05) is 48.7 Å². The number of rotatable bonds is 10. The molecule has 0 bridgehead atoms. The van der Waals surface area contributed by atoms with Gasteiger partial charge in [0.05, 0.1) is 12.9 Å². The monoisotopic (exact) mass is 474 g/mol. The van der Waals surface area contributed by atoms with Crippen LogP contribution in [0, 0.1) is 0 Å². The maximum Gasteiger partial charge on any atom is 0.242 e. The summed E-state index contributed by atoms with van der Waals surface area (Å²) >= 11 is 7.56. The Kier molecular flexibility index (Phi) is 9.30. The molecule has 1 atom stereocenters. The van der Waals surface area contributed by atoms with Crippen molar-refractivity contribution < 1.29 is 14.3 Å². The molecule has 0 aromatic heterocycles. The number of hydrogen-bond acceptors (Lipinski definition) is 4. The zero-order valence-electron chi connectivity index (χ0n) is 18.7. The maximum absolute atomic E-state index is 13.2. The van der Waals surface area contributed by atoms with E-state index >= 15 is 0 Å². The highest BCUT2D eigenvalue weighted by atomic mass is 35.5. The fourth-order valence-electron chi connectivity index (χ4n) is 3.82. The molecule has 0 aliphatic heterocycles. The average molecular weight is 475 g/mol. The lowest BCUT2D eigenvalue weighted by Gasteiger charge is -2.29. The number of hydrogen-bond donors (Lipinski definition) is 1. The Hall–Kier alpha value is -2.18. The van der Waals surface area contributed by atoms with Gasteiger partial charge < -0.3 is 15.0 Å². The zero-order chi connectivity index (χ0) is 22.9. The van der Waals surface area contributed by atoms with Crippen LogP contribution < -0.4 is 10.1 Å². The summed E-state index contributed by atoms with van der Waals surface area (Å²) < 4.78 is 5.19. The molecule has 1 aliphatic carbocycles. The van der Waals surface area contributed by atoms with Gasteiger partial charge in [-0.15, -0.1) is 11.8 Å². The van der Waals surface area contributed by atoms with E-state index in [2.05, 4.69) is 5.32 Å². The molecule has 0 saturated heterocycles. The molecule has 3 rings (SSSR count). The summed E-state index contributed by atoms with van der Waals surface area (Å²) in [5.41, 5.74) is 2.07. The number of ether oxygens (including phenoxy) is 1. The lowest BCUT2D eigenvalue weighted by molar-refractivity contribution is -0.138. The number of halogens is 1. The SMILES string of the molecule is COc1ccc(CSCC(=O)N(Cc2ccc(Cl)cc2)[C@@H](C)C(=O)NC2CCCC2)cc1. The largest absolute Gasteiger partial charge is 0.497 e. The van der Waals surface area contributed by atoms with Crippen LogP contribution >= 0.6 is 23.4 Å². The molecule has 1 saturated carbocycles. The van der Waals surface area contributed by atoms with Crippen LogP contribution in [0.4, 0.5) is 0 Å². The van der Waals surface area contributed by atoms with E-state index in [0.717, 1.165) is 42.6 Å². The third kappa shape index (κ3) is 7.17. The highest BCUT2D eigenvalue weighted by Crippen LogP contribution is 2.21. The summed E-state index contributed by atoms with van der Waals surface area (Å²) in [6.45, 7) is 2.19. The second-order valence-corrected chi connectivity index (χ2v) is 9.58. The second kappa shape index (κ2) is 12.2. The van der Waals surface area contributed by atoms with Crippen LogP contribution in [0.2, 0.25) is 5.02 Å². The van der Waals surface area contributed by atoms with Crippen molar-refractivity contribution >= 4 is 35.2 Å². The first-order valence-electron chi connectivity index (χ1n) is 11.0. The molecule has 7 heteroatoms. The van der Waals surface area contributed by atoms with Crippen molar-refractivity contribution in [2.24, 2.45) is 0 Å². The van der Waals surface area contributed by atoms with E-state index in [0.29, 0.717) is 23.1 Å². The van der Waals surface area contributed by atoms with Gasteiger partial charge in [0.15, 0.2) is 0 Å². The van der Waals surface area contributed by atoms with Gasteiger partial charge in [-0.3, -0.25) is 9.59 Å². The van der Waals surface area contributed by atoms with Crippen LogP contribution in [0.3, 0.4) is 0 Å². The van der Waals surface area contributed by atoms with Gasteiger partial charge in [0.25, 0.3) is 0 Å². The van der Waals surface area contributed by atoms with Crippen LogP contribution in [0.5, 0.6) is 5.75 Å². The molecule has 1 fully saturated rings. The van der Waals surface area contributed by atoms with Crippen molar-refractivity contribution in [2.45, 2.75) is 57.0 Å². The summed E-state index contributed by atoms with van der Waals surface area (Å²) in [5.74, 6) is 1.70. The maximum atomic E-state index is 13.2. The molecule has 1 N–H and O–H groups in total. The van der Waals surface area contributed by atoms with Crippen LogP contribution in [0.25, 0.3) is 0 Å². The standard InChI is InChI=1S/C25H31ClN2O3S/c1-18(25(30)27-22-5-3-4-6-22)28(15-19-7-11-21(26)12-8-19)24(29)17-32-16-20-9-13-23(31-2)14-10-20/h7-14,18,22H,3-6,15-17H2,1-2H3,(H,27,30)/t18-/m0/s1. The normalized spacial score (nSPS) is 14.7. The number of amides is 2. The van der Waals surface area contributed by atoms with Crippen LogP contribution in [-0.4, -0.2) is 41.7 Å². The Morgan fingerprint density at radius 1 is 1.09 bits per heavy atom. The van der Waals surface area contributed by atoms with E-state index in [9.17, 15) is 9.59 Å². The van der Waals surface area contributed by atoms with Crippen LogP contribution in [0.15, 0.2) is 48.5 Å². The summed E-state index contributed by atoms with van der Waals surface area (Å²) in [6, 6.07) is 14.9. The van der Waals surface area contributed by atoms with Gasteiger partial charge in [-0.2, -0.15) is 0 Å². The summed E-state index contributed by atoms with van der Waals surface area (Å²) in [5, 5.41) is 3.78. The van der Waals surface area contributed by atoms with Crippen molar-refractivity contribution in [3.05, 3.63) is 64.7 Å². The number of carbonyl (C=O) groups is 2. The molecule has 2 amide bonds. The van der Waals surface area contributed by atoms with Gasteiger partial charge >= 0.3 is 0 Å². The number of methoxy groups -OCH3 is 1. The van der Waals surface area contributed by atoms with Gasteiger partial charge in [0.1, 0.15) is 11.8 Å². The first-order chi connectivity index (χ1) is 15.5. The first kappa shape index (κ1) is 24.5. The minimum absolute atomic E-state index is 0.0486. The molecule has 0 spiro atoms. The molecule has 0 radical (unpaired) electrons. The Labute approximate surface area is 199 Å². The highest BCUT2D eigenvalue weighted by Gasteiger charge is 2.28. The smallest absolute Gasteiger partial charge is 0.242 e. The number of benzene rings is 2. The number of carbonyl (C=O) groups excluding carboxylic acids is 2. The zero-order valence-corrected chi connectivity index (χ0v) is 20.3. The quantitative estimate of drug-likeness (QED) is 0.523. The van der Waals surface area contributed by atoms with E-state index in [1.807, 2.05) is 43.3 Å². The number of nitrogens with one attached hydrogen (secondary N) is 1. The van der Waals surface area contributed by atoms with E-state index in [1.54, 1.807) is 35.9 Å². The van der Waals surface area contributed by atoms with E-state index in [-0.39, 0.29) is 17.9 Å². The fourth-order valence-corrected chi connectivity index (χ4v) is 4.82. The van der Waals surface area contributed by atoms with Crippen LogP contribution in [0.1, 0.15) is 43.7 Å². The molecule has 5 nitrogen and oxygen atoms in total. The molecule has 0 unspecified atom stereocenters. The van der Waals surface area contributed by atoms with Gasteiger partial charge in [-0.05, 0) is 55.2 Å². The van der Waals surface area contributed by atoms with Gasteiger partial charge in [-0.25, -0.2) is 0 Å². The third-order valence-electron chi connectivity index (χ3n) is 5.79. The van der Waals surface area contributed by atoms with Crippen molar-refractivity contribution in [3.63, 3.8) is 0 Å².